The van der Waals surface area contributed by atoms with E-state index in [1.54, 1.807) is 0 Å². The molecule has 1 aromatic rings. The lowest BCUT2D eigenvalue weighted by atomic mass is 10.0. The predicted octanol–water partition coefficient (Wildman–Crippen LogP) is 3.39. The van der Waals surface area contributed by atoms with Gasteiger partial charge in [0.25, 0.3) is 0 Å². The first-order chi connectivity index (χ1) is 6.68. The Kier molecular flexibility index (Phi) is 2.60. The van der Waals surface area contributed by atoms with E-state index in [0.29, 0.717) is 0 Å². The molecule has 0 N–H and O–H groups in total. The normalized spacial score (nSPS) is 17.0. The van der Waals surface area contributed by atoms with Crippen molar-refractivity contribution in [3.8, 4) is 0 Å². The van der Waals surface area contributed by atoms with Gasteiger partial charge in [-0.25, -0.2) is 0 Å². The second-order valence-electron chi connectivity index (χ2n) is 4.65. The lowest BCUT2D eigenvalue weighted by Crippen LogP contribution is -2.26. The maximum atomic E-state index is 5.94. The van der Waals surface area contributed by atoms with Crippen molar-refractivity contribution in [2.75, 3.05) is 0 Å². The molecule has 1 heteroatoms. The lowest BCUT2D eigenvalue weighted by Gasteiger charge is -2.25. The van der Waals surface area contributed by atoms with Gasteiger partial charge in [-0.15, -0.1) is 0 Å². The summed E-state index contributed by atoms with van der Waals surface area (Å²) in [6, 6.07) is 10.4. The van der Waals surface area contributed by atoms with Crippen LogP contribution in [0.2, 0.25) is 0 Å². The molecule has 0 aromatic heterocycles. The lowest BCUT2D eigenvalue weighted by molar-refractivity contribution is -0.0452. The summed E-state index contributed by atoms with van der Waals surface area (Å²) in [7, 11) is 0. The third kappa shape index (κ3) is 2.36. The van der Waals surface area contributed by atoms with Crippen LogP contribution >= 0.6 is 0 Å². The maximum absolute atomic E-state index is 5.94. The highest BCUT2D eigenvalue weighted by molar-refractivity contribution is 5.13. The van der Waals surface area contributed by atoms with Gasteiger partial charge < -0.3 is 4.74 Å². The van der Waals surface area contributed by atoms with Crippen molar-refractivity contribution in [1.29, 1.82) is 0 Å². The molecular weight excluding hydrogens is 172 g/mol. The van der Waals surface area contributed by atoms with Gasteiger partial charge in [-0.3, -0.25) is 0 Å². The molecule has 0 atom stereocenters. The number of rotatable bonds is 4. The minimum Gasteiger partial charge on any atom is -0.371 e. The van der Waals surface area contributed by atoms with Crippen molar-refractivity contribution in [3.05, 3.63) is 35.9 Å². The zero-order valence-electron chi connectivity index (χ0n) is 8.99. The minimum absolute atomic E-state index is 0.0653. The summed E-state index contributed by atoms with van der Waals surface area (Å²) in [5.74, 6) is 0.784. The highest BCUT2D eigenvalue weighted by Crippen LogP contribution is 2.41. The molecule has 14 heavy (non-hydrogen) atoms. The average Bonchev–Trinajstić information content (AvgIpc) is 3.00. The fraction of sp³-hybridized carbons (Fsp3) is 0.538. The Labute approximate surface area is 86.1 Å². The van der Waals surface area contributed by atoms with E-state index in [1.807, 2.05) is 6.07 Å². The van der Waals surface area contributed by atoms with E-state index in [2.05, 4.69) is 38.1 Å². The third-order valence-electron chi connectivity index (χ3n) is 3.01. The van der Waals surface area contributed by atoms with Gasteiger partial charge in [0.1, 0.15) is 0 Å². The highest BCUT2D eigenvalue weighted by atomic mass is 16.5. The van der Waals surface area contributed by atoms with Gasteiger partial charge in [0.05, 0.1) is 12.2 Å². The van der Waals surface area contributed by atoms with Crippen LogP contribution in [0.4, 0.5) is 0 Å². The van der Waals surface area contributed by atoms with Gasteiger partial charge >= 0.3 is 0 Å². The Hall–Kier alpha value is -0.820. The first kappa shape index (κ1) is 9.72. The molecule has 0 spiro atoms. The summed E-state index contributed by atoms with van der Waals surface area (Å²) in [5, 5.41) is 0. The van der Waals surface area contributed by atoms with E-state index in [4.69, 9.17) is 4.74 Å². The summed E-state index contributed by atoms with van der Waals surface area (Å²) in [6.07, 6.45) is 2.67. The predicted molar refractivity (Wildman–Crippen MR) is 58.0 cm³/mol. The molecule has 1 fully saturated rings. The SMILES string of the molecule is CC(C)(OCc1ccccc1)C1CC1. The Morgan fingerprint density at radius 3 is 2.43 bits per heavy atom. The standard InChI is InChI=1S/C13H18O/c1-13(2,12-8-9-12)14-10-11-6-4-3-5-7-11/h3-7,12H,8-10H2,1-2H3. The molecule has 0 unspecified atom stereocenters. The summed E-state index contributed by atoms with van der Waals surface area (Å²) in [5.41, 5.74) is 1.33. The largest absolute Gasteiger partial charge is 0.371 e. The Bertz CT molecular complexity index is 285. The topological polar surface area (TPSA) is 9.23 Å². The smallest absolute Gasteiger partial charge is 0.0724 e. The molecule has 0 radical (unpaired) electrons. The van der Waals surface area contributed by atoms with Crippen LogP contribution < -0.4 is 0 Å². The molecular formula is C13H18O. The van der Waals surface area contributed by atoms with E-state index in [1.165, 1.54) is 18.4 Å². The van der Waals surface area contributed by atoms with Crippen molar-refractivity contribution in [3.63, 3.8) is 0 Å². The van der Waals surface area contributed by atoms with Crippen LogP contribution in [0.3, 0.4) is 0 Å². The molecule has 0 aliphatic heterocycles. The summed E-state index contributed by atoms with van der Waals surface area (Å²) < 4.78 is 5.94. The van der Waals surface area contributed by atoms with Crippen LogP contribution in [0.1, 0.15) is 32.3 Å². The van der Waals surface area contributed by atoms with Crippen molar-refractivity contribution in [2.45, 2.75) is 38.9 Å². The van der Waals surface area contributed by atoms with Crippen LogP contribution in [0.5, 0.6) is 0 Å². The highest BCUT2D eigenvalue weighted by Gasteiger charge is 2.38. The van der Waals surface area contributed by atoms with Gasteiger partial charge in [0.15, 0.2) is 0 Å². The Morgan fingerprint density at radius 2 is 1.86 bits per heavy atom. The minimum atomic E-state index is 0.0653. The number of hydrogen-bond donors (Lipinski definition) is 0. The molecule has 1 aliphatic carbocycles. The van der Waals surface area contributed by atoms with Gasteiger partial charge in [0.2, 0.25) is 0 Å². The zero-order valence-corrected chi connectivity index (χ0v) is 8.99. The van der Waals surface area contributed by atoms with E-state index >= 15 is 0 Å². The Balaban J connectivity index is 1.87. The van der Waals surface area contributed by atoms with Crippen LogP contribution in [-0.4, -0.2) is 5.60 Å². The molecule has 0 bridgehead atoms. The van der Waals surface area contributed by atoms with Crippen LogP contribution in [0.25, 0.3) is 0 Å². The molecule has 0 heterocycles. The van der Waals surface area contributed by atoms with Crippen LogP contribution in [-0.2, 0) is 11.3 Å². The second-order valence-corrected chi connectivity index (χ2v) is 4.65. The van der Waals surface area contributed by atoms with Crippen molar-refractivity contribution in [2.24, 2.45) is 5.92 Å². The average molecular weight is 190 g/mol. The second kappa shape index (κ2) is 3.74. The molecule has 0 amide bonds. The van der Waals surface area contributed by atoms with Crippen LogP contribution in [0, 0.1) is 5.92 Å². The summed E-state index contributed by atoms with van der Waals surface area (Å²) in [4.78, 5) is 0. The summed E-state index contributed by atoms with van der Waals surface area (Å²) >= 11 is 0. The Morgan fingerprint density at radius 1 is 1.21 bits per heavy atom. The number of ether oxygens (including phenoxy) is 1. The zero-order chi connectivity index (χ0) is 10.0. The molecule has 1 nitrogen and oxygen atoms in total. The van der Waals surface area contributed by atoms with Crippen LogP contribution in [0.15, 0.2) is 30.3 Å². The first-order valence-electron chi connectivity index (χ1n) is 5.36. The molecule has 1 aromatic carbocycles. The number of benzene rings is 1. The fourth-order valence-corrected chi connectivity index (χ4v) is 1.74. The molecule has 1 aliphatic rings. The first-order valence-corrected chi connectivity index (χ1v) is 5.36. The fourth-order valence-electron chi connectivity index (χ4n) is 1.74. The molecule has 2 rings (SSSR count). The van der Waals surface area contributed by atoms with Crippen molar-refractivity contribution >= 4 is 0 Å². The quantitative estimate of drug-likeness (QED) is 0.707. The third-order valence-corrected chi connectivity index (χ3v) is 3.01. The maximum Gasteiger partial charge on any atom is 0.0724 e. The molecule has 1 saturated carbocycles. The molecule has 0 saturated heterocycles. The molecule has 76 valence electrons. The van der Waals surface area contributed by atoms with Crippen molar-refractivity contribution < 1.29 is 4.74 Å². The van der Waals surface area contributed by atoms with Crippen molar-refractivity contribution in [1.82, 2.24) is 0 Å². The van der Waals surface area contributed by atoms with Gasteiger partial charge in [0, 0.05) is 0 Å². The number of hydrogen-bond acceptors (Lipinski definition) is 1. The van der Waals surface area contributed by atoms with E-state index in [0.717, 1.165) is 12.5 Å². The van der Waals surface area contributed by atoms with E-state index < -0.39 is 0 Å². The monoisotopic (exact) mass is 190 g/mol. The summed E-state index contributed by atoms with van der Waals surface area (Å²) in [6.45, 7) is 5.14. The van der Waals surface area contributed by atoms with Gasteiger partial charge in [-0.2, -0.15) is 0 Å². The van der Waals surface area contributed by atoms with Gasteiger partial charge in [-0.05, 0) is 38.2 Å². The van der Waals surface area contributed by atoms with Gasteiger partial charge in [-0.1, -0.05) is 30.3 Å². The van der Waals surface area contributed by atoms with E-state index in [9.17, 15) is 0 Å². The van der Waals surface area contributed by atoms with E-state index in [-0.39, 0.29) is 5.60 Å².